The van der Waals surface area contributed by atoms with Gasteiger partial charge in [0.2, 0.25) is 11.8 Å². The lowest BCUT2D eigenvalue weighted by Crippen LogP contribution is -2.23. The van der Waals surface area contributed by atoms with Crippen molar-refractivity contribution < 1.29 is 22.8 Å². The van der Waals surface area contributed by atoms with E-state index in [-0.39, 0.29) is 16.7 Å². The summed E-state index contributed by atoms with van der Waals surface area (Å²) in [5.74, 6) is -0.254. The van der Waals surface area contributed by atoms with Crippen molar-refractivity contribution in [2.75, 3.05) is 11.4 Å². The van der Waals surface area contributed by atoms with Gasteiger partial charge < -0.3 is 5.32 Å². The van der Waals surface area contributed by atoms with Gasteiger partial charge >= 0.3 is 6.18 Å². The van der Waals surface area contributed by atoms with E-state index in [9.17, 15) is 22.8 Å². The third kappa shape index (κ3) is 6.70. The highest BCUT2D eigenvalue weighted by atomic mass is 32.1. The molecule has 5 nitrogen and oxygen atoms in total. The van der Waals surface area contributed by atoms with E-state index in [1.807, 2.05) is 0 Å². The van der Waals surface area contributed by atoms with Gasteiger partial charge in [0.05, 0.1) is 16.9 Å². The van der Waals surface area contributed by atoms with Gasteiger partial charge in [0.15, 0.2) is 5.13 Å². The molecule has 0 aliphatic rings. The number of hydrogen-bond acceptors (Lipinski definition) is 4. The number of nitrogens with one attached hydrogen (secondary N) is 1. The van der Waals surface area contributed by atoms with Crippen LogP contribution in [0.4, 0.5) is 24.0 Å². The molecule has 1 aromatic carbocycles. The minimum atomic E-state index is -4.52. The van der Waals surface area contributed by atoms with Crippen LogP contribution in [0, 0.1) is 5.92 Å². The van der Waals surface area contributed by atoms with E-state index in [1.165, 1.54) is 31.2 Å². The molecule has 0 bridgehead atoms. The van der Waals surface area contributed by atoms with Crippen LogP contribution in [-0.2, 0) is 15.8 Å². The van der Waals surface area contributed by atoms with E-state index in [4.69, 9.17) is 0 Å². The fraction of sp³-hybridized carbons (Fsp3) is 0.350. The first kappa shape index (κ1) is 22.6. The Morgan fingerprint density at radius 1 is 1.31 bits per heavy atom. The highest BCUT2D eigenvalue weighted by molar-refractivity contribution is 7.14. The number of benzene rings is 1. The van der Waals surface area contributed by atoms with Crippen LogP contribution in [0.25, 0.3) is 6.08 Å². The number of alkyl halides is 3. The van der Waals surface area contributed by atoms with Gasteiger partial charge in [-0.1, -0.05) is 19.9 Å². The fourth-order valence-electron chi connectivity index (χ4n) is 2.41. The second-order valence-electron chi connectivity index (χ2n) is 6.76. The number of thiazole rings is 1. The average Bonchev–Trinajstić information content (AvgIpc) is 3.07. The molecule has 1 N–H and O–H groups in total. The lowest BCUT2D eigenvalue weighted by Gasteiger charge is -2.19. The van der Waals surface area contributed by atoms with Crippen molar-refractivity contribution >= 4 is 40.0 Å². The fourth-order valence-corrected chi connectivity index (χ4v) is 3.26. The van der Waals surface area contributed by atoms with Gasteiger partial charge in [-0.3, -0.25) is 14.5 Å². The van der Waals surface area contributed by atoms with E-state index in [2.05, 4.69) is 24.1 Å². The summed E-state index contributed by atoms with van der Waals surface area (Å²) < 4.78 is 39.0. The monoisotopic (exact) mass is 425 g/mol. The van der Waals surface area contributed by atoms with Crippen molar-refractivity contribution in [2.24, 2.45) is 5.92 Å². The van der Waals surface area contributed by atoms with Gasteiger partial charge in [0.1, 0.15) is 0 Å². The molecule has 9 heteroatoms. The highest BCUT2D eigenvalue weighted by Gasteiger charge is 2.31. The summed E-state index contributed by atoms with van der Waals surface area (Å²) in [7, 11) is 0. The van der Waals surface area contributed by atoms with E-state index >= 15 is 0 Å². The first-order chi connectivity index (χ1) is 13.6. The molecule has 2 amide bonds. The maximum atomic E-state index is 13.0. The van der Waals surface area contributed by atoms with Crippen LogP contribution < -0.4 is 10.2 Å². The normalized spacial score (nSPS) is 11.8. The van der Waals surface area contributed by atoms with E-state index in [0.717, 1.165) is 34.8 Å². The van der Waals surface area contributed by atoms with Crippen LogP contribution in [0.15, 0.2) is 35.7 Å². The number of aromatic nitrogens is 1. The Morgan fingerprint density at radius 2 is 2.03 bits per heavy atom. The molecular weight excluding hydrogens is 403 g/mol. The van der Waals surface area contributed by atoms with Crippen molar-refractivity contribution in [2.45, 2.75) is 33.4 Å². The zero-order valence-electron chi connectivity index (χ0n) is 16.3. The topological polar surface area (TPSA) is 62.3 Å². The van der Waals surface area contributed by atoms with Gasteiger partial charge in [-0.25, -0.2) is 4.98 Å². The van der Waals surface area contributed by atoms with Crippen molar-refractivity contribution in [3.8, 4) is 0 Å². The highest BCUT2D eigenvalue weighted by Crippen LogP contribution is 2.35. The molecule has 1 heterocycles. The summed E-state index contributed by atoms with van der Waals surface area (Å²) in [6.07, 6.45) is -0.820. The molecule has 0 fully saturated rings. The first-order valence-electron chi connectivity index (χ1n) is 8.97. The summed E-state index contributed by atoms with van der Waals surface area (Å²) in [5, 5.41) is 4.60. The maximum Gasteiger partial charge on any atom is 0.416 e. The van der Waals surface area contributed by atoms with Gasteiger partial charge in [0.25, 0.3) is 0 Å². The molecule has 0 aliphatic carbocycles. The smallest absolute Gasteiger partial charge is 0.353 e. The summed E-state index contributed by atoms with van der Waals surface area (Å²) in [4.78, 5) is 29.3. The van der Waals surface area contributed by atoms with E-state index in [0.29, 0.717) is 18.2 Å². The third-order valence-corrected chi connectivity index (χ3v) is 4.72. The van der Waals surface area contributed by atoms with E-state index < -0.39 is 17.6 Å². The zero-order valence-corrected chi connectivity index (χ0v) is 17.1. The standard InChI is InChI=1S/C20H22F3N3O2S/c1-13(2)9-10-24-18(28)8-7-16-12-29-19(25-16)26(14(3)27)17-6-4-5-15(11-17)20(21,22)23/h4-8,11-13H,9-10H2,1-3H3,(H,24,28)/b8-7+. The van der Waals surface area contributed by atoms with Gasteiger partial charge in [-0.15, -0.1) is 11.3 Å². The van der Waals surface area contributed by atoms with Crippen molar-refractivity contribution in [1.82, 2.24) is 10.3 Å². The van der Waals surface area contributed by atoms with Crippen molar-refractivity contribution in [1.29, 1.82) is 0 Å². The number of carbonyl (C=O) groups excluding carboxylic acids is 2. The van der Waals surface area contributed by atoms with Crippen LogP contribution in [-0.4, -0.2) is 23.3 Å². The number of amides is 2. The molecule has 0 saturated carbocycles. The van der Waals surface area contributed by atoms with Crippen molar-refractivity contribution in [3.05, 3.63) is 47.0 Å². The quantitative estimate of drug-likeness (QED) is 0.634. The maximum absolute atomic E-state index is 13.0. The van der Waals surface area contributed by atoms with Gasteiger partial charge in [-0.2, -0.15) is 13.2 Å². The number of hydrogen-bond donors (Lipinski definition) is 1. The predicted molar refractivity (Wildman–Crippen MR) is 108 cm³/mol. The minimum Gasteiger partial charge on any atom is -0.353 e. The number of carbonyl (C=O) groups is 2. The Kier molecular flexibility index (Phi) is 7.55. The third-order valence-electron chi connectivity index (χ3n) is 3.87. The molecule has 2 aromatic rings. The molecule has 0 saturated heterocycles. The lowest BCUT2D eigenvalue weighted by molar-refractivity contribution is -0.137. The van der Waals surface area contributed by atoms with Gasteiger partial charge in [-0.05, 0) is 36.6 Å². The van der Waals surface area contributed by atoms with Crippen molar-refractivity contribution in [3.63, 3.8) is 0 Å². The summed E-state index contributed by atoms with van der Waals surface area (Å²) in [5.41, 5.74) is -0.345. The van der Waals surface area contributed by atoms with Crippen LogP contribution >= 0.6 is 11.3 Å². The Labute approximate surface area is 171 Å². The number of nitrogens with zero attached hydrogens (tertiary/aromatic N) is 2. The summed E-state index contributed by atoms with van der Waals surface area (Å²) in [6.45, 7) is 5.93. The first-order valence-corrected chi connectivity index (χ1v) is 9.85. The molecule has 0 radical (unpaired) electrons. The van der Waals surface area contributed by atoms with Crippen LogP contribution in [0.2, 0.25) is 0 Å². The molecule has 2 rings (SSSR count). The Bertz CT molecular complexity index is 891. The van der Waals surface area contributed by atoms with E-state index in [1.54, 1.807) is 5.38 Å². The minimum absolute atomic E-state index is 0.0728. The number of halogens is 3. The van der Waals surface area contributed by atoms with Crippen LogP contribution in [0.5, 0.6) is 0 Å². The second-order valence-corrected chi connectivity index (χ2v) is 7.60. The average molecular weight is 425 g/mol. The SMILES string of the molecule is CC(=O)N(c1cccc(C(F)(F)F)c1)c1nc(/C=C/C(=O)NCCC(C)C)cs1. The number of anilines is 2. The molecule has 0 aliphatic heterocycles. The summed E-state index contributed by atoms with van der Waals surface area (Å²) >= 11 is 1.10. The summed E-state index contributed by atoms with van der Waals surface area (Å²) in [6, 6.07) is 4.50. The molecule has 0 atom stereocenters. The number of rotatable bonds is 7. The molecular formula is C20H22F3N3O2S. The largest absolute Gasteiger partial charge is 0.416 e. The molecule has 0 unspecified atom stereocenters. The molecule has 1 aromatic heterocycles. The molecule has 29 heavy (non-hydrogen) atoms. The molecule has 0 spiro atoms. The second kappa shape index (κ2) is 9.69. The Hall–Kier alpha value is -2.68. The van der Waals surface area contributed by atoms with Crippen LogP contribution in [0.3, 0.4) is 0 Å². The Balaban J connectivity index is 2.17. The van der Waals surface area contributed by atoms with Crippen LogP contribution in [0.1, 0.15) is 38.4 Å². The molecule has 156 valence electrons. The zero-order chi connectivity index (χ0) is 21.6. The Morgan fingerprint density at radius 3 is 2.66 bits per heavy atom. The van der Waals surface area contributed by atoms with Gasteiger partial charge in [0, 0.05) is 24.9 Å². The predicted octanol–water partition coefficient (Wildman–Crippen LogP) is 5.02. The lowest BCUT2D eigenvalue weighted by atomic mass is 10.1.